The van der Waals surface area contributed by atoms with Crippen LogP contribution in [-0.2, 0) is 4.79 Å². The van der Waals surface area contributed by atoms with Crippen molar-refractivity contribution in [1.82, 2.24) is 5.32 Å². The van der Waals surface area contributed by atoms with Crippen LogP contribution in [0.4, 0.5) is 14.9 Å². The SMILES string of the molecule is CCC(C)(CNC(=O)Nc1ccc(F)c(OC)c1)C(=O)O. The van der Waals surface area contributed by atoms with Crippen molar-refractivity contribution in [2.45, 2.75) is 20.3 Å². The Morgan fingerprint density at radius 2 is 2.10 bits per heavy atom. The van der Waals surface area contributed by atoms with Crippen molar-refractivity contribution in [2.75, 3.05) is 19.0 Å². The van der Waals surface area contributed by atoms with Gasteiger partial charge in [0, 0.05) is 18.3 Å². The van der Waals surface area contributed by atoms with E-state index in [-0.39, 0.29) is 12.3 Å². The number of urea groups is 1. The van der Waals surface area contributed by atoms with Gasteiger partial charge >= 0.3 is 12.0 Å². The van der Waals surface area contributed by atoms with Gasteiger partial charge in [-0.2, -0.15) is 0 Å². The number of hydrogen-bond donors (Lipinski definition) is 3. The number of hydrogen-bond acceptors (Lipinski definition) is 3. The number of carboxylic acids is 1. The highest BCUT2D eigenvalue weighted by Crippen LogP contribution is 2.22. The first-order valence-electron chi connectivity index (χ1n) is 6.44. The third kappa shape index (κ3) is 4.34. The van der Waals surface area contributed by atoms with Gasteiger partial charge in [-0.25, -0.2) is 9.18 Å². The molecule has 21 heavy (non-hydrogen) atoms. The smallest absolute Gasteiger partial charge is 0.319 e. The van der Waals surface area contributed by atoms with E-state index in [0.29, 0.717) is 12.1 Å². The van der Waals surface area contributed by atoms with Crippen molar-refractivity contribution >= 4 is 17.7 Å². The fourth-order valence-electron chi connectivity index (χ4n) is 1.54. The minimum atomic E-state index is -1.03. The minimum Gasteiger partial charge on any atom is -0.494 e. The Hall–Kier alpha value is -2.31. The van der Waals surface area contributed by atoms with Crippen LogP contribution in [0.3, 0.4) is 0 Å². The third-order valence-electron chi connectivity index (χ3n) is 3.34. The van der Waals surface area contributed by atoms with Gasteiger partial charge in [-0.3, -0.25) is 4.79 Å². The monoisotopic (exact) mass is 298 g/mol. The zero-order chi connectivity index (χ0) is 16.0. The summed E-state index contributed by atoms with van der Waals surface area (Å²) < 4.78 is 18.0. The second-order valence-electron chi connectivity index (χ2n) is 4.88. The maximum atomic E-state index is 13.2. The fourth-order valence-corrected chi connectivity index (χ4v) is 1.54. The lowest BCUT2D eigenvalue weighted by Crippen LogP contribution is -2.42. The molecule has 0 aliphatic carbocycles. The first-order chi connectivity index (χ1) is 9.82. The summed E-state index contributed by atoms with van der Waals surface area (Å²) in [5.41, 5.74) is -0.683. The zero-order valence-electron chi connectivity index (χ0n) is 12.2. The molecule has 0 aliphatic heterocycles. The van der Waals surface area contributed by atoms with E-state index in [2.05, 4.69) is 10.6 Å². The normalized spacial score (nSPS) is 13.1. The largest absolute Gasteiger partial charge is 0.494 e. The summed E-state index contributed by atoms with van der Waals surface area (Å²) in [6, 6.07) is 3.32. The van der Waals surface area contributed by atoms with Crippen LogP contribution in [0.15, 0.2) is 18.2 Å². The van der Waals surface area contributed by atoms with Crippen molar-refractivity contribution in [1.29, 1.82) is 0 Å². The van der Waals surface area contributed by atoms with Gasteiger partial charge in [0.1, 0.15) is 0 Å². The summed E-state index contributed by atoms with van der Waals surface area (Å²) in [7, 11) is 1.32. The Bertz CT molecular complexity index is 536. The molecule has 1 aromatic carbocycles. The van der Waals surface area contributed by atoms with Gasteiger partial charge in [0.2, 0.25) is 0 Å². The Balaban J connectivity index is 2.64. The molecular formula is C14H19FN2O4. The number of nitrogens with one attached hydrogen (secondary N) is 2. The lowest BCUT2D eigenvalue weighted by atomic mass is 9.88. The van der Waals surface area contributed by atoms with Crippen LogP contribution in [0.2, 0.25) is 0 Å². The highest BCUT2D eigenvalue weighted by atomic mass is 19.1. The Labute approximate surface area is 122 Å². The van der Waals surface area contributed by atoms with E-state index in [1.807, 2.05) is 0 Å². The van der Waals surface area contributed by atoms with Crippen LogP contribution in [0.5, 0.6) is 5.75 Å². The molecule has 0 heterocycles. The predicted molar refractivity (Wildman–Crippen MR) is 76.0 cm³/mol. The molecule has 1 aromatic rings. The lowest BCUT2D eigenvalue weighted by molar-refractivity contribution is -0.147. The predicted octanol–water partition coefficient (Wildman–Crippen LogP) is 2.46. The molecule has 0 saturated heterocycles. The number of anilines is 1. The van der Waals surface area contributed by atoms with Crippen LogP contribution < -0.4 is 15.4 Å². The number of halogens is 1. The molecule has 0 saturated carbocycles. The summed E-state index contributed by atoms with van der Waals surface area (Å²) in [5, 5.41) is 14.1. The van der Waals surface area contributed by atoms with Gasteiger partial charge in [-0.05, 0) is 25.5 Å². The number of benzene rings is 1. The molecule has 1 atom stereocenters. The zero-order valence-corrected chi connectivity index (χ0v) is 12.2. The molecule has 1 rings (SSSR count). The molecular weight excluding hydrogens is 279 g/mol. The summed E-state index contributed by atoms with van der Waals surface area (Å²) >= 11 is 0. The standard InChI is InChI=1S/C14H19FN2O4/c1-4-14(2,12(18)19)8-16-13(20)17-9-5-6-10(15)11(7-9)21-3/h5-7H,4,8H2,1-3H3,(H,18,19)(H2,16,17,20). The van der Waals surface area contributed by atoms with Gasteiger partial charge in [-0.1, -0.05) is 6.92 Å². The van der Waals surface area contributed by atoms with Gasteiger partial charge in [0.05, 0.1) is 12.5 Å². The van der Waals surface area contributed by atoms with Crippen molar-refractivity contribution in [2.24, 2.45) is 5.41 Å². The molecule has 116 valence electrons. The second kappa shape index (κ2) is 6.92. The third-order valence-corrected chi connectivity index (χ3v) is 3.34. The number of aliphatic carboxylic acids is 1. The molecule has 2 amide bonds. The van der Waals surface area contributed by atoms with Crippen LogP contribution in [0, 0.1) is 11.2 Å². The minimum absolute atomic E-state index is 0.0109. The van der Waals surface area contributed by atoms with E-state index >= 15 is 0 Å². The van der Waals surface area contributed by atoms with E-state index in [1.165, 1.54) is 25.3 Å². The number of carbonyl (C=O) groups excluding carboxylic acids is 1. The maximum absolute atomic E-state index is 13.2. The molecule has 0 aliphatic rings. The van der Waals surface area contributed by atoms with E-state index in [0.717, 1.165) is 0 Å². The average molecular weight is 298 g/mol. The van der Waals surface area contributed by atoms with E-state index < -0.39 is 23.2 Å². The highest BCUT2D eigenvalue weighted by Gasteiger charge is 2.31. The van der Waals surface area contributed by atoms with Crippen LogP contribution in [0.1, 0.15) is 20.3 Å². The molecule has 6 nitrogen and oxygen atoms in total. The summed E-state index contributed by atoms with van der Waals surface area (Å²) in [6.07, 6.45) is 0.382. The Morgan fingerprint density at radius 3 is 2.62 bits per heavy atom. The number of carboxylic acid groups (broad SMARTS) is 1. The summed E-state index contributed by atoms with van der Waals surface area (Å²) in [4.78, 5) is 22.8. The Kier molecular flexibility index (Phi) is 5.52. The number of amides is 2. The van der Waals surface area contributed by atoms with Crippen molar-refractivity contribution < 1.29 is 23.8 Å². The van der Waals surface area contributed by atoms with Crippen molar-refractivity contribution in [3.8, 4) is 5.75 Å². The number of ether oxygens (including phenoxy) is 1. The van der Waals surface area contributed by atoms with Gasteiger partial charge in [0.25, 0.3) is 0 Å². The van der Waals surface area contributed by atoms with Gasteiger partial charge in [0.15, 0.2) is 11.6 Å². The maximum Gasteiger partial charge on any atom is 0.319 e. The van der Waals surface area contributed by atoms with E-state index in [1.54, 1.807) is 13.8 Å². The molecule has 0 spiro atoms. The van der Waals surface area contributed by atoms with Gasteiger partial charge in [-0.15, -0.1) is 0 Å². The first kappa shape index (κ1) is 16.7. The molecule has 1 unspecified atom stereocenters. The summed E-state index contributed by atoms with van der Waals surface area (Å²) in [5.74, 6) is -1.50. The molecule has 7 heteroatoms. The first-order valence-corrected chi connectivity index (χ1v) is 6.44. The molecule has 0 fully saturated rings. The van der Waals surface area contributed by atoms with Gasteiger partial charge < -0.3 is 20.5 Å². The second-order valence-corrected chi connectivity index (χ2v) is 4.88. The van der Waals surface area contributed by atoms with E-state index in [4.69, 9.17) is 9.84 Å². The summed E-state index contributed by atoms with van der Waals surface area (Å²) in [6.45, 7) is 3.28. The quantitative estimate of drug-likeness (QED) is 0.753. The number of rotatable bonds is 6. The molecule has 0 radical (unpaired) electrons. The molecule has 0 bridgehead atoms. The van der Waals surface area contributed by atoms with Crippen molar-refractivity contribution in [3.63, 3.8) is 0 Å². The fraction of sp³-hybridized carbons (Fsp3) is 0.429. The topological polar surface area (TPSA) is 87.7 Å². The number of methoxy groups -OCH3 is 1. The Morgan fingerprint density at radius 1 is 1.43 bits per heavy atom. The van der Waals surface area contributed by atoms with E-state index in [9.17, 15) is 14.0 Å². The molecule has 0 aromatic heterocycles. The van der Waals surface area contributed by atoms with Crippen molar-refractivity contribution in [3.05, 3.63) is 24.0 Å². The molecule has 3 N–H and O–H groups in total. The highest BCUT2D eigenvalue weighted by molar-refractivity contribution is 5.90. The number of carbonyl (C=O) groups is 2. The average Bonchev–Trinajstić information content (AvgIpc) is 2.46. The van der Waals surface area contributed by atoms with Crippen LogP contribution in [0.25, 0.3) is 0 Å². The lowest BCUT2D eigenvalue weighted by Gasteiger charge is -2.23. The van der Waals surface area contributed by atoms with Crippen LogP contribution in [-0.4, -0.2) is 30.8 Å². The van der Waals surface area contributed by atoms with Crippen LogP contribution >= 0.6 is 0 Å².